The molecule has 29 heavy (non-hydrogen) atoms. The number of nitrogens with zero attached hydrogens (tertiary/aromatic N) is 4. The quantitative estimate of drug-likeness (QED) is 0.448. The van der Waals surface area contributed by atoms with E-state index in [2.05, 4.69) is 25.9 Å². The van der Waals surface area contributed by atoms with Crippen molar-refractivity contribution >= 4 is 45.0 Å². The van der Waals surface area contributed by atoms with E-state index in [9.17, 15) is 10.1 Å². The van der Waals surface area contributed by atoms with E-state index in [0.717, 1.165) is 39.3 Å². The lowest BCUT2D eigenvalue weighted by Crippen LogP contribution is -2.21. The largest absolute Gasteiger partial charge is 0.327 e. The standard InChI is InChI=1S/C21H23N5OS2/c1-13-14(2)26(15-6-4-3-5-7-15)19(17(13)10-22)25-18(27)11-29-21-16-8-9-28-20(16)23-12-24-21/h8-9,12,15H,3-7,11H2,1-2H3,(H,25,27). The van der Waals surface area contributed by atoms with Crippen LogP contribution in [0.1, 0.15) is 55.0 Å². The molecule has 0 aromatic carbocycles. The van der Waals surface area contributed by atoms with Gasteiger partial charge in [0.1, 0.15) is 28.1 Å². The molecular formula is C21H23N5OS2. The number of thioether (sulfide) groups is 1. The average Bonchev–Trinajstić information content (AvgIpc) is 3.30. The van der Waals surface area contributed by atoms with Gasteiger partial charge in [0.05, 0.1) is 11.3 Å². The van der Waals surface area contributed by atoms with Crippen LogP contribution < -0.4 is 5.32 Å². The van der Waals surface area contributed by atoms with E-state index in [0.29, 0.717) is 17.4 Å². The summed E-state index contributed by atoms with van der Waals surface area (Å²) >= 11 is 2.96. The van der Waals surface area contributed by atoms with Gasteiger partial charge in [-0.05, 0) is 43.7 Å². The number of carbonyl (C=O) groups excluding carboxylic acids is 1. The average molecular weight is 426 g/mol. The van der Waals surface area contributed by atoms with Crippen LogP contribution >= 0.6 is 23.1 Å². The van der Waals surface area contributed by atoms with Crippen LogP contribution in [0.4, 0.5) is 5.82 Å². The zero-order valence-electron chi connectivity index (χ0n) is 16.6. The third-order valence-corrected chi connectivity index (χ3v) is 7.46. The molecule has 1 N–H and O–H groups in total. The van der Waals surface area contributed by atoms with Crippen molar-refractivity contribution in [2.75, 3.05) is 11.1 Å². The molecule has 1 aliphatic rings. The molecule has 0 unspecified atom stereocenters. The maximum absolute atomic E-state index is 12.8. The van der Waals surface area contributed by atoms with Crippen LogP contribution in [0.3, 0.4) is 0 Å². The lowest BCUT2D eigenvalue weighted by Gasteiger charge is -2.27. The zero-order valence-corrected chi connectivity index (χ0v) is 18.2. The number of rotatable bonds is 5. The molecular weight excluding hydrogens is 402 g/mol. The molecule has 0 radical (unpaired) electrons. The third kappa shape index (κ3) is 3.89. The number of aromatic nitrogens is 3. The predicted molar refractivity (Wildman–Crippen MR) is 118 cm³/mol. The number of hydrogen-bond donors (Lipinski definition) is 1. The topological polar surface area (TPSA) is 83.6 Å². The first-order valence-corrected chi connectivity index (χ1v) is 11.7. The maximum atomic E-state index is 12.8. The monoisotopic (exact) mass is 425 g/mol. The molecule has 3 aromatic rings. The van der Waals surface area contributed by atoms with Gasteiger partial charge in [0.25, 0.3) is 0 Å². The van der Waals surface area contributed by atoms with Gasteiger partial charge < -0.3 is 9.88 Å². The van der Waals surface area contributed by atoms with Gasteiger partial charge in [-0.25, -0.2) is 9.97 Å². The van der Waals surface area contributed by atoms with Crippen molar-refractivity contribution in [3.05, 3.63) is 34.6 Å². The minimum atomic E-state index is -0.122. The minimum absolute atomic E-state index is 0.122. The Hall–Kier alpha value is -2.37. The number of anilines is 1. The van der Waals surface area contributed by atoms with Crippen molar-refractivity contribution in [2.45, 2.75) is 57.0 Å². The Morgan fingerprint density at radius 3 is 2.90 bits per heavy atom. The van der Waals surface area contributed by atoms with E-state index >= 15 is 0 Å². The van der Waals surface area contributed by atoms with Gasteiger partial charge in [0.2, 0.25) is 5.91 Å². The van der Waals surface area contributed by atoms with Crippen molar-refractivity contribution in [3.63, 3.8) is 0 Å². The second kappa shape index (κ2) is 8.56. The van der Waals surface area contributed by atoms with Crippen LogP contribution in [0.5, 0.6) is 0 Å². The van der Waals surface area contributed by atoms with Crippen molar-refractivity contribution in [2.24, 2.45) is 0 Å². The smallest absolute Gasteiger partial charge is 0.235 e. The highest BCUT2D eigenvalue weighted by Crippen LogP contribution is 2.37. The summed E-state index contributed by atoms with van der Waals surface area (Å²) in [7, 11) is 0. The Kier molecular flexibility index (Phi) is 5.88. The van der Waals surface area contributed by atoms with Gasteiger partial charge in [-0.3, -0.25) is 4.79 Å². The minimum Gasteiger partial charge on any atom is -0.327 e. The number of thiophene rings is 1. The van der Waals surface area contributed by atoms with E-state index in [1.165, 1.54) is 37.4 Å². The van der Waals surface area contributed by atoms with Crippen LogP contribution in [0.25, 0.3) is 10.2 Å². The Morgan fingerprint density at radius 2 is 2.14 bits per heavy atom. The van der Waals surface area contributed by atoms with Crippen molar-refractivity contribution in [1.29, 1.82) is 5.26 Å². The molecule has 0 aliphatic heterocycles. The summed E-state index contributed by atoms with van der Waals surface area (Å²) in [6.45, 7) is 4.01. The first kappa shape index (κ1) is 19.9. The molecule has 1 fully saturated rings. The lowest BCUT2D eigenvalue weighted by atomic mass is 9.95. The molecule has 150 valence electrons. The first-order valence-electron chi connectivity index (χ1n) is 9.82. The second-order valence-corrected chi connectivity index (χ2v) is 9.22. The first-order chi connectivity index (χ1) is 14.1. The second-order valence-electron chi connectivity index (χ2n) is 7.36. The van der Waals surface area contributed by atoms with E-state index in [4.69, 9.17) is 0 Å². The summed E-state index contributed by atoms with van der Waals surface area (Å²) in [5.41, 5.74) is 2.61. The number of carbonyl (C=O) groups is 1. The Morgan fingerprint density at radius 1 is 1.34 bits per heavy atom. The Bertz CT molecular complexity index is 1090. The number of fused-ring (bicyclic) bond motifs is 1. The van der Waals surface area contributed by atoms with Crippen LogP contribution in [0, 0.1) is 25.2 Å². The van der Waals surface area contributed by atoms with Crippen LogP contribution in [-0.2, 0) is 4.79 Å². The molecule has 3 aromatic heterocycles. The normalized spacial score (nSPS) is 14.8. The fraction of sp³-hybridized carbons (Fsp3) is 0.429. The van der Waals surface area contributed by atoms with Gasteiger partial charge >= 0.3 is 0 Å². The van der Waals surface area contributed by atoms with Gasteiger partial charge in [-0.15, -0.1) is 11.3 Å². The molecule has 1 saturated carbocycles. The van der Waals surface area contributed by atoms with E-state index < -0.39 is 0 Å². The Labute approximate surface area is 178 Å². The number of nitrogens with one attached hydrogen (secondary N) is 1. The van der Waals surface area contributed by atoms with Crippen molar-refractivity contribution in [3.8, 4) is 6.07 Å². The molecule has 6 nitrogen and oxygen atoms in total. The fourth-order valence-corrected chi connectivity index (χ4v) is 5.65. The SMILES string of the molecule is Cc1c(C#N)c(NC(=O)CSc2ncnc3sccc23)n(C2CCCCC2)c1C. The number of nitriles is 1. The van der Waals surface area contributed by atoms with E-state index in [-0.39, 0.29) is 11.7 Å². The summed E-state index contributed by atoms with van der Waals surface area (Å²) in [6, 6.07) is 4.63. The highest BCUT2D eigenvalue weighted by molar-refractivity contribution is 8.00. The molecule has 0 atom stereocenters. The van der Waals surface area contributed by atoms with Gasteiger partial charge in [0.15, 0.2) is 0 Å². The summed E-state index contributed by atoms with van der Waals surface area (Å²) in [4.78, 5) is 22.3. The van der Waals surface area contributed by atoms with Crippen molar-refractivity contribution < 1.29 is 4.79 Å². The van der Waals surface area contributed by atoms with Gasteiger partial charge in [0, 0.05) is 17.1 Å². The molecule has 4 rings (SSSR count). The molecule has 0 spiro atoms. The molecule has 1 aliphatic carbocycles. The van der Waals surface area contributed by atoms with Crippen LogP contribution in [0.2, 0.25) is 0 Å². The van der Waals surface area contributed by atoms with Crippen LogP contribution in [0.15, 0.2) is 22.8 Å². The summed E-state index contributed by atoms with van der Waals surface area (Å²) in [6.07, 6.45) is 7.36. The lowest BCUT2D eigenvalue weighted by molar-refractivity contribution is -0.113. The maximum Gasteiger partial charge on any atom is 0.235 e. The van der Waals surface area contributed by atoms with E-state index in [1.807, 2.05) is 25.3 Å². The zero-order chi connectivity index (χ0) is 20.4. The van der Waals surface area contributed by atoms with Crippen molar-refractivity contribution in [1.82, 2.24) is 14.5 Å². The van der Waals surface area contributed by atoms with Gasteiger partial charge in [-0.1, -0.05) is 31.0 Å². The predicted octanol–water partition coefficient (Wildman–Crippen LogP) is 5.22. The fourth-order valence-electron chi connectivity index (χ4n) is 4.07. The summed E-state index contributed by atoms with van der Waals surface area (Å²) in [5.74, 6) is 0.771. The van der Waals surface area contributed by atoms with Gasteiger partial charge in [-0.2, -0.15) is 5.26 Å². The highest BCUT2D eigenvalue weighted by Gasteiger charge is 2.26. The molecule has 1 amide bonds. The number of hydrogen-bond acceptors (Lipinski definition) is 6. The summed E-state index contributed by atoms with van der Waals surface area (Å²) in [5, 5.41) is 16.5. The molecule has 8 heteroatoms. The summed E-state index contributed by atoms with van der Waals surface area (Å²) < 4.78 is 2.19. The highest BCUT2D eigenvalue weighted by atomic mass is 32.2. The molecule has 0 bridgehead atoms. The number of amides is 1. The Balaban J connectivity index is 1.55. The molecule has 3 heterocycles. The third-order valence-electron chi connectivity index (χ3n) is 5.63. The van der Waals surface area contributed by atoms with Crippen LogP contribution in [-0.4, -0.2) is 26.2 Å². The van der Waals surface area contributed by atoms with E-state index in [1.54, 1.807) is 11.3 Å². The molecule has 0 saturated heterocycles.